The van der Waals surface area contributed by atoms with Crippen LogP contribution in [0.25, 0.3) is 10.9 Å². The molecule has 2 aromatic carbocycles. The number of aromatic nitrogens is 2. The summed E-state index contributed by atoms with van der Waals surface area (Å²) in [5.41, 5.74) is 8.35. The smallest absolute Gasteiger partial charge is 0.220 e. The summed E-state index contributed by atoms with van der Waals surface area (Å²) in [6, 6.07) is 13.7. The quantitative estimate of drug-likeness (QED) is 0.801. The fourth-order valence-electron chi connectivity index (χ4n) is 2.32. The lowest BCUT2D eigenvalue weighted by molar-refractivity contribution is 0.285. The third-order valence-corrected chi connectivity index (χ3v) is 3.43. The van der Waals surface area contributed by atoms with Crippen LogP contribution in [-0.4, -0.2) is 17.1 Å². The number of rotatable bonds is 4. The first-order chi connectivity index (χ1) is 10.7. The number of anilines is 1. The van der Waals surface area contributed by atoms with Crippen molar-refractivity contribution >= 4 is 16.9 Å². The van der Waals surface area contributed by atoms with Crippen LogP contribution in [0.4, 0.5) is 5.95 Å². The molecule has 1 aromatic heterocycles. The fraction of sp³-hybridized carbons (Fsp3) is 0.176. The van der Waals surface area contributed by atoms with Gasteiger partial charge < -0.3 is 15.2 Å². The van der Waals surface area contributed by atoms with E-state index < -0.39 is 0 Å². The number of ether oxygens (including phenoxy) is 2. The number of methoxy groups -OCH3 is 1. The Kier molecular flexibility index (Phi) is 3.78. The van der Waals surface area contributed by atoms with Gasteiger partial charge in [0, 0.05) is 11.5 Å². The molecule has 5 heteroatoms. The van der Waals surface area contributed by atoms with E-state index in [-0.39, 0.29) is 5.95 Å². The summed E-state index contributed by atoms with van der Waals surface area (Å²) in [6.07, 6.45) is 0. The second kappa shape index (κ2) is 5.89. The van der Waals surface area contributed by atoms with Crippen molar-refractivity contribution in [3.05, 3.63) is 53.7 Å². The maximum Gasteiger partial charge on any atom is 0.220 e. The van der Waals surface area contributed by atoms with E-state index in [1.165, 1.54) is 0 Å². The molecule has 0 atom stereocenters. The highest BCUT2D eigenvalue weighted by atomic mass is 16.5. The Morgan fingerprint density at radius 3 is 2.55 bits per heavy atom. The SMILES string of the molecule is COc1cc2nc(N)nc(C)c2cc1OCc1ccccc1. The van der Waals surface area contributed by atoms with Gasteiger partial charge in [0.2, 0.25) is 5.95 Å². The molecule has 0 aliphatic carbocycles. The number of hydrogen-bond donors (Lipinski definition) is 1. The van der Waals surface area contributed by atoms with Gasteiger partial charge in [-0.25, -0.2) is 9.97 Å². The molecule has 0 saturated carbocycles. The van der Waals surface area contributed by atoms with Gasteiger partial charge in [-0.05, 0) is 18.6 Å². The highest BCUT2D eigenvalue weighted by Crippen LogP contribution is 2.33. The Balaban J connectivity index is 1.97. The van der Waals surface area contributed by atoms with Gasteiger partial charge in [-0.15, -0.1) is 0 Å². The van der Waals surface area contributed by atoms with E-state index in [0.29, 0.717) is 18.1 Å². The van der Waals surface area contributed by atoms with Gasteiger partial charge in [0.25, 0.3) is 0 Å². The third-order valence-electron chi connectivity index (χ3n) is 3.43. The van der Waals surface area contributed by atoms with Crippen molar-refractivity contribution in [2.45, 2.75) is 13.5 Å². The summed E-state index contributed by atoms with van der Waals surface area (Å²) in [7, 11) is 1.61. The predicted molar refractivity (Wildman–Crippen MR) is 86.0 cm³/mol. The molecule has 0 fully saturated rings. The fourth-order valence-corrected chi connectivity index (χ4v) is 2.32. The molecule has 3 aromatic rings. The first-order valence-corrected chi connectivity index (χ1v) is 6.96. The second-order valence-corrected chi connectivity index (χ2v) is 4.96. The molecule has 0 aliphatic heterocycles. The number of nitrogen functional groups attached to an aromatic ring is 1. The van der Waals surface area contributed by atoms with Crippen molar-refractivity contribution < 1.29 is 9.47 Å². The van der Waals surface area contributed by atoms with E-state index in [4.69, 9.17) is 15.2 Å². The Bertz CT molecular complexity index is 804. The molecule has 0 spiro atoms. The monoisotopic (exact) mass is 295 g/mol. The molecular weight excluding hydrogens is 278 g/mol. The van der Waals surface area contributed by atoms with E-state index in [2.05, 4.69) is 9.97 Å². The van der Waals surface area contributed by atoms with Gasteiger partial charge in [0.1, 0.15) is 6.61 Å². The molecule has 22 heavy (non-hydrogen) atoms. The maximum atomic E-state index is 5.90. The van der Waals surface area contributed by atoms with E-state index in [1.54, 1.807) is 7.11 Å². The first-order valence-electron chi connectivity index (χ1n) is 6.96. The van der Waals surface area contributed by atoms with Crippen LogP contribution >= 0.6 is 0 Å². The highest BCUT2D eigenvalue weighted by Gasteiger charge is 2.11. The van der Waals surface area contributed by atoms with Crippen molar-refractivity contribution in [2.75, 3.05) is 12.8 Å². The summed E-state index contributed by atoms with van der Waals surface area (Å²) in [5, 5.41) is 0.901. The Hall–Kier alpha value is -2.82. The van der Waals surface area contributed by atoms with Crippen molar-refractivity contribution in [3.8, 4) is 11.5 Å². The van der Waals surface area contributed by atoms with E-state index in [9.17, 15) is 0 Å². The number of nitrogens with zero attached hydrogens (tertiary/aromatic N) is 2. The molecular formula is C17H17N3O2. The highest BCUT2D eigenvalue weighted by molar-refractivity contribution is 5.85. The molecule has 112 valence electrons. The third kappa shape index (κ3) is 2.79. The molecule has 0 saturated heterocycles. The average Bonchev–Trinajstić information content (AvgIpc) is 2.53. The lowest BCUT2D eigenvalue weighted by Crippen LogP contribution is -2.01. The Morgan fingerprint density at radius 2 is 1.82 bits per heavy atom. The zero-order valence-corrected chi connectivity index (χ0v) is 12.5. The molecule has 0 bridgehead atoms. The zero-order chi connectivity index (χ0) is 15.5. The molecule has 3 rings (SSSR count). The van der Waals surface area contributed by atoms with Crippen LogP contribution in [0, 0.1) is 6.92 Å². The van der Waals surface area contributed by atoms with Gasteiger partial charge in [-0.2, -0.15) is 0 Å². The minimum atomic E-state index is 0.255. The van der Waals surface area contributed by atoms with Crippen molar-refractivity contribution in [1.82, 2.24) is 9.97 Å². The number of hydrogen-bond acceptors (Lipinski definition) is 5. The number of nitrogens with two attached hydrogens (primary N) is 1. The summed E-state index contributed by atoms with van der Waals surface area (Å²) in [6.45, 7) is 2.37. The van der Waals surface area contributed by atoms with Crippen LogP contribution in [0.1, 0.15) is 11.3 Å². The normalized spacial score (nSPS) is 10.6. The number of aryl methyl sites for hydroxylation is 1. The van der Waals surface area contributed by atoms with Crippen LogP contribution in [0.3, 0.4) is 0 Å². The molecule has 5 nitrogen and oxygen atoms in total. The molecule has 0 aliphatic rings. The minimum Gasteiger partial charge on any atom is -0.493 e. The Labute approximate surface area is 128 Å². The number of fused-ring (bicyclic) bond motifs is 1. The maximum absolute atomic E-state index is 5.90. The molecule has 0 unspecified atom stereocenters. The summed E-state index contributed by atoms with van der Waals surface area (Å²) in [5.74, 6) is 1.54. The Morgan fingerprint density at radius 1 is 1.05 bits per heavy atom. The molecule has 0 radical (unpaired) electrons. The van der Waals surface area contributed by atoms with Crippen LogP contribution < -0.4 is 15.2 Å². The molecule has 0 amide bonds. The second-order valence-electron chi connectivity index (χ2n) is 4.96. The number of benzene rings is 2. The van der Waals surface area contributed by atoms with Crippen LogP contribution in [0.5, 0.6) is 11.5 Å². The van der Waals surface area contributed by atoms with Crippen molar-refractivity contribution in [3.63, 3.8) is 0 Å². The summed E-state index contributed by atoms with van der Waals surface area (Å²) >= 11 is 0. The largest absolute Gasteiger partial charge is 0.493 e. The van der Waals surface area contributed by atoms with Gasteiger partial charge in [0.05, 0.1) is 18.3 Å². The van der Waals surface area contributed by atoms with Crippen molar-refractivity contribution in [2.24, 2.45) is 0 Å². The minimum absolute atomic E-state index is 0.255. The van der Waals surface area contributed by atoms with Crippen LogP contribution in [-0.2, 0) is 6.61 Å². The van der Waals surface area contributed by atoms with Crippen LogP contribution in [0.15, 0.2) is 42.5 Å². The summed E-state index contributed by atoms with van der Waals surface area (Å²) < 4.78 is 11.3. The van der Waals surface area contributed by atoms with E-state index in [1.807, 2.05) is 49.4 Å². The lowest BCUT2D eigenvalue weighted by atomic mass is 10.1. The van der Waals surface area contributed by atoms with Gasteiger partial charge in [-0.1, -0.05) is 30.3 Å². The van der Waals surface area contributed by atoms with E-state index >= 15 is 0 Å². The topological polar surface area (TPSA) is 70.3 Å². The van der Waals surface area contributed by atoms with E-state index in [0.717, 1.165) is 22.2 Å². The predicted octanol–water partition coefficient (Wildman–Crippen LogP) is 3.11. The molecule has 1 heterocycles. The average molecular weight is 295 g/mol. The zero-order valence-electron chi connectivity index (χ0n) is 12.5. The van der Waals surface area contributed by atoms with Crippen molar-refractivity contribution in [1.29, 1.82) is 0 Å². The summed E-state index contributed by atoms with van der Waals surface area (Å²) in [4.78, 5) is 8.42. The van der Waals surface area contributed by atoms with Gasteiger partial charge in [-0.3, -0.25) is 0 Å². The first kappa shape index (κ1) is 14.1. The lowest BCUT2D eigenvalue weighted by Gasteiger charge is -2.13. The van der Waals surface area contributed by atoms with Gasteiger partial charge in [0.15, 0.2) is 11.5 Å². The molecule has 2 N–H and O–H groups in total. The van der Waals surface area contributed by atoms with Gasteiger partial charge >= 0.3 is 0 Å². The van der Waals surface area contributed by atoms with Crippen LogP contribution in [0.2, 0.25) is 0 Å². The standard InChI is InChI=1S/C17H17N3O2/c1-11-13-8-16(22-10-12-6-4-3-5-7-12)15(21-2)9-14(13)20-17(18)19-11/h3-9H,10H2,1-2H3,(H2,18,19,20).